The van der Waals surface area contributed by atoms with Crippen molar-refractivity contribution >= 4 is 28.7 Å². The number of hydrogen-bond acceptors (Lipinski definition) is 3. The van der Waals surface area contributed by atoms with Gasteiger partial charge in [0.2, 0.25) is 11.7 Å². The number of amides is 1. The van der Waals surface area contributed by atoms with Gasteiger partial charge in [-0.1, -0.05) is 6.92 Å². The molecule has 0 saturated carbocycles. The van der Waals surface area contributed by atoms with E-state index in [1.807, 2.05) is 18.4 Å². The van der Waals surface area contributed by atoms with E-state index in [0.717, 1.165) is 17.5 Å². The van der Waals surface area contributed by atoms with Crippen LogP contribution in [0.15, 0.2) is 23.6 Å². The van der Waals surface area contributed by atoms with E-state index in [1.54, 1.807) is 6.07 Å². The summed E-state index contributed by atoms with van der Waals surface area (Å²) in [7, 11) is 0. The summed E-state index contributed by atoms with van der Waals surface area (Å²) in [5, 5.41) is 4.49. The summed E-state index contributed by atoms with van der Waals surface area (Å²) in [6.07, 6.45) is 1.64. The number of ketones is 1. The topological polar surface area (TPSA) is 46.2 Å². The van der Waals surface area contributed by atoms with Gasteiger partial charge < -0.3 is 5.32 Å². The van der Waals surface area contributed by atoms with Crippen molar-refractivity contribution in [2.24, 2.45) is 0 Å². The van der Waals surface area contributed by atoms with Crippen LogP contribution in [-0.4, -0.2) is 11.7 Å². The van der Waals surface area contributed by atoms with Crippen molar-refractivity contribution in [3.05, 3.63) is 51.0 Å². The summed E-state index contributed by atoms with van der Waals surface area (Å²) in [6.45, 7) is 1.97. The van der Waals surface area contributed by atoms with E-state index in [-0.39, 0.29) is 17.3 Å². The molecule has 3 rings (SSSR count). The number of anilines is 1. The molecule has 0 radical (unpaired) electrons. The van der Waals surface area contributed by atoms with Crippen LogP contribution in [-0.2, 0) is 17.6 Å². The molecule has 0 unspecified atom stereocenters. The van der Waals surface area contributed by atoms with Crippen LogP contribution >= 0.6 is 11.3 Å². The highest BCUT2D eigenvalue weighted by atomic mass is 32.1. The number of fused-ring (bicyclic) bond motifs is 1. The third-order valence-electron chi connectivity index (χ3n) is 3.67. The lowest BCUT2D eigenvalue weighted by atomic mass is 9.97. The number of aryl methyl sites for hydroxylation is 2. The van der Waals surface area contributed by atoms with Crippen molar-refractivity contribution in [2.45, 2.75) is 26.2 Å². The van der Waals surface area contributed by atoms with Crippen molar-refractivity contribution in [2.75, 3.05) is 5.32 Å². The molecule has 0 atom stereocenters. The quantitative estimate of drug-likeness (QED) is 0.881. The predicted molar refractivity (Wildman–Crippen MR) is 80.5 cm³/mol. The Balaban J connectivity index is 2.03. The summed E-state index contributed by atoms with van der Waals surface area (Å²) in [5.41, 5.74) is 2.31. The van der Waals surface area contributed by atoms with E-state index < -0.39 is 5.82 Å². The lowest BCUT2D eigenvalue weighted by Gasteiger charge is -2.18. The van der Waals surface area contributed by atoms with Crippen LogP contribution in [0.4, 0.5) is 10.1 Å². The number of benzene rings is 1. The highest BCUT2D eigenvalue weighted by Crippen LogP contribution is 2.29. The van der Waals surface area contributed by atoms with Gasteiger partial charge >= 0.3 is 0 Å². The fraction of sp³-hybridized carbons (Fsp3) is 0.250. The first-order valence-corrected chi connectivity index (χ1v) is 7.71. The lowest BCUT2D eigenvalue weighted by molar-refractivity contribution is -0.116. The molecule has 3 nitrogen and oxygen atoms in total. The highest BCUT2D eigenvalue weighted by molar-refractivity contribution is 7.12. The second kappa shape index (κ2) is 5.41. The Morgan fingerprint density at radius 2 is 2.19 bits per heavy atom. The Hall–Kier alpha value is -2.01. The fourth-order valence-electron chi connectivity index (χ4n) is 2.51. The smallest absolute Gasteiger partial charge is 0.224 e. The third kappa shape index (κ3) is 2.49. The Kier molecular flexibility index (Phi) is 3.59. The molecule has 1 aromatic heterocycles. The number of hydrogen-bond donors (Lipinski definition) is 1. The van der Waals surface area contributed by atoms with E-state index in [4.69, 9.17) is 0 Å². The maximum absolute atomic E-state index is 14.2. The van der Waals surface area contributed by atoms with Gasteiger partial charge in [0.15, 0.2) is 0 Å². The van der Waals surface area contributed by atoms with Gasteiger partial charge in [-0.05, 0) is 47.5 Å². The standard InChI is InChI=1S/C16H14FNO2S/c1-2-9-5-6-21-16(9)15(20)11-7-10-3-4-14(19)18-13(10)8-12(11)17/h5-8H,2-4H2,1H3,(H,18,19). The summed E-state index contributed by atoms with van der Waals surface area (Å²) in [5.74, 6) is -0.983. The molecule has 108 valence electrons. The Bertz CT molecular complexity index is 736. The summed E-state index contributed by atoms with van der Waals surface area (Å²) in [6, 6.07) is 4.72. The first-order valence-electron chi connectivity index (χ1n) is 6.83. The van der Waals surface area contributed by atoms with Crippen LogP contribution in [0.2, 0.25) is 0 Å². The molecule has 1 aromatic carbocycles. The minimum Gasteiger partial charge on any atom is -0.326 e. The molecule has 1 amide bonds. The van der Waals surface area contributed by atoms with Crippen LogP contribution < -0.4 is 5.32 Å². The normalized spacial score (nSPS) is 13.7. The number of thiophene rings is 1. The van der Waals surface area contributed by atoms with Gasteiger partial charge in [0.05, 0.1) is 10.4 Å². The fourth-order valence-corrected chi connectivity index (χ4v) is 3.46. The van der Waals surface area contributed by atoms with Crippen molar-refractivity contribution in [3.8, 4) is 0 Å². The summed E-state index contributed by atoms with van der Waals surface area (Å²) >= 11 is 1.34. The van der Waals surface area contributed by atoms with Gasteiger partial charge in [0.25, 0.3) is 0 Å². The number of carbonyl (C=O) groups excluding carboxylic acids is 2. The Morgan fingerprint density at radius 3 is 2.95 bits per heavy atom. The van der Waals surface area contributed by atoms with Crippen LogP contribution in [0.3, 0.4) is 0 Å². The first kappa shape index (κ1) is 13.9. The maximum Gasteiger partial charge on any atom is 0.224 e. The molecule has 2 aromatic rings. The van der Waals surface area contributed by atoms with Gasteiger partial charge in [-0.2, -0.15) is 0 Å². The molecule has 1 aliphatic heterocycles. The van der Waals surface area contributed by atoms with Crippen LogP contribution in [0.1, 0.15) is 39.7 Å². The molecule has 0 bridgehead atoms. The molecule has 1 aliphatic rings. The minimum atomic E-state index is -0.587. The zero-order valence-corrected chi connectivity index (χ0v) is 12.3. The molecule has 0 aliphatic carbocycles. The Labute approximate surface area is 125 Å². The van der Waals surface area contributed by atoms with E-state index >= 15 is 0 Å². The largest absolute Gasteiger partial charge is 0.326 e. The SMILES string of the molecule is CCc1ccsc1C(=O)c1cc2c(cc1F)NC(=O)CC2. The van der Waals surface area contributed by atoms with Gasteiger partial charge in [0.1, 0.15) is 5.82 Å². The molecule has 0 fully saturated rings. The highest BCUT2D eigenvalue weighted by Gasteiger charge is 2.23. The molecule has 0 spiro atoms. The van der Waals surface area contributed by atoms with Crippen molar-refractivity contribution in [1.29, 1.82) is 0 Å². The van der Waals surface area contributed by atoms with Crippen LogP contribution in [0.25, 0.3) is 0 Å². The third-order valence-corrected chi connectivity index (χ3v) is 4.62. The van der Waals surface area contributed by atoms with Gasteiger partial charge in [-0.15, -0.1) is 11.3 Å². The molecule has 21 heavy (non-hydrogen) atoms. The lowest BCUT2D eigenvalue weighted by Crippen LogP contribution is -2.20. The number of halogens is 1. The van der Waals surface area contributed by atoms with E-state index in [0.29, 0.717) is 23.4 Å². The zero-order chi connectivity index (χ0) is 15.0. The van der Waals surface area contributed by atoms with Gasteiger partial charge in [-0.3, -0.25) is 9.59 Å². The van der Waals surface area contributed by atoms with Gasteiger partial charge in [-0.25, -0.2) is 4.39 Å². The monoisotopic (exact) mass is 303 g/mol. The molecular formula is C16H14FNO2S. The molecule has 0 saturated heterocycles. The predicted octanol–water partition coefficient (Wildman–Crippen LogP) is 3.57. The summed E-state index contributed by atoms with van der Waals surface area (Å²) in [4.78, 5) is 24.5. The molecule has 5 heteroatoms. The van der Waals surface area contributed by atoms with Crippen molar-refractivity contribution in [3.63, 3.8) is 0 Å². The number of carbonyl (C=O) groups is 2. The first-order chi connectivity index (χ1) is 10.1. The number of nitrogens with one attached hydrogen (secondary N) is 1. The summed E-state index contributed by atoms with van der Waals surface area (Å²) < 4.78 is 14.2. The van der Waals surface area contributed by atoms with E-state index in [2.05, 4.69) is 5.32 Å². The van der Waals surface area contributed by atoms with Crippen molar-refractivity contribution < 1.29 is 14.0 Å². The second-order valence-electron chi connectivity index (χ2n) is 5.00. The van der Waals surface area contributed by atoms with E-state index in [9.17, 15) is 14.0 Å². The maximum atomic E-state index is 14.2. The second-order valence-corrected chi connectivity index (χ2v) is 5.91. The molecule has 1 N–H and O–H groups in total. The van der Waals surface area contributed by atoms with Crippen LogP contribution in [0.5, 0.6) is 0 Å². The Morgan fingerprint density at radius 1 is 1.38 bits per heavy atom. The van der Waals surface area contributed by atoms with E-state index in [1.165, 1.54) is 17.4 Å². The average Bonchev–Trinajstić information content (AvgIpc) is 2.94. The van der Waals surface area contributed by atoms with Crippen molar-refractivity contribution in [1.82, 2.24) is 0 Å². The molecule has 2 heterocycles. The van der Waals surface area contributed by atoms with Crippen LogP contribution in [0, 0.1) is 5.82 Å². The molecular weight excluding hydrogens is 289 g/mol. The average molecular weight is 303 g/mol. The van der Waals surface area contributed by atoms with Gasteiger partial charge in [0, 0.05) is 12.1 Å². The minimum absolute atomic E-state index is 0.0852. The zero-order valence-electron chi connectivity index (χ0n) is 11.5. The number of rotatable bonds is 3.